The average Bonchev–Trinajstić information content (AvgIpc) is 2.90. The van der Waals surface area contributed by atoms with Gasteiger partial charge < -0.3 is 19.7 Å². The number of pyridine rings is 1. The molecule has 0 unspecified atom stereocenters. The third-order valence-electron chi connectivity index (χ3n) is 7.05. The van der Waals surface area contributed by atoms with E-state index in [-0.39, 0.29) is 11.3 Å². The number of carbonyl (C=O) groups excluding carboxylic acids is 1. The minimum absolute atomic E-state index is 0.239. The Bertz CT molecular complexity index is 1380. The highest BCUT2D eigenvalue weighted by Gasteiger charge is 2.30. The highest BCUT2D eigenvalue weighted by molar-refractivity contribution is 6.42. The average molecular weight is 559 g/mol. The first-order valence-corrected chi connectivity index (χ1v) is 13.6. The molecule has 2 N–H and O–H groups in total. The highest BCUT2D eigenvalue weighted by Crippen LogP contribution is 2.41. The zero-order chi connectivity index (χ0) is 27.4. The number of carbonyl (C=O) groups is 1. The Labute approximate surface area is 232 Å². The molecule has 0 aliphatic carbocycles. The maximum Gasteiger partial charge on any atom is 0.264 e. The van der Waals surface area contributed by atoms with Crippen molar-refractivity contribution in [3.8, 4) is 22.6 Å². The van der Waals surface area contributed by atoms with Crippen molar-refractivity contribution in [1.29, 1.82) is 0 Å². The molecule has 1 aliphatic rings. The van der Waals surface area contributed by atoms with Gasteiger partial charge in [-0.3, -0.25) is 14.5 Å². The Morgan fingerprint density at radius 1 is 1.08 bits per heavy atom. The molecule has 3 aromatic rings. The number of H-pyrrole nitrogens is 1. The van der Waals surface area contributed by atoms with E-state index in [0.29, 0.717) is 71.8 Å². The molecule has 0 spiro atoms. The first-order chi connectivity index (χ1) is 18.3. The standard InChI is InChI=1S/C29H33Cl2N3O4/c1-4-5-11-21-24(23-18(2)8-6-12-22(23)38-3)27(35)25(28(36)32-21)29(37)34-15-13-33(14-16-34)17-19-9-7-10-20(30)26(19)31/h6-10,12H,4-5,11,13-17H2,1-3H3,(H2,32,35,36). The van der Waals surface area contributed by atoms with Crippen molar-refractivity contribution in [1.82, 2.24) is 14.8 Å². The molecule has 4 rings (SSSR count). The molecule has 1 aliphatic heterocycles. The van der Waals surface area contributed by atoms with Gasteiger partial charge in [-0.1, -0.05) is 60.8 Å². The van der Waals surface area contributed by atoms with E-state index in [1.807, 2.05) is 37.3 Å². The smallest absolute Gasteiger partial charge is 0.264 e. The van der Waals surface area contributed by atoms with Crippen molar-refractivity contribution in [2.45, 2.75) is 39.7 Å². The molecule has 0 radical (unpaired) electrons. The minimum atomic E-state index is -0.581. The van der Waals surface area contributed by atoms with Gasteiger partial charge in [-0.05, 0) is 43.0 Å². The van der Waals surface area contributed by atoms with E-state index < -0.39 is 11.5 Å². The molecule has 38 heavy (non-hydrogen) atoms. The van der Waals surface area contributed by atoms with E-state index in [4.69, 9.17) is 27.9 Å². The number of amides is 1. The van der Waals surface area contributed by atoms with E-state index in [0.717, 1.165) is 24.0 Å². The molecule has 0 atom stereocenters. The minimum Gasteiger partial charge on any atom is -0.506 e. The van der Waals surface area contributed by atoms with Gasteiger partial charge in [0.05, 0.1) is 17.2 Å². The van der Waals surface area contributed by atoms with E-state index in [1.165, 1.54) is 0 Å². The number of aryl methyl sites for hydroxylation is 2. The molecule has 0 bridgehead atoms. The fraction of sp³-hybridized carbons (Fsp3) is 0.379. The number of unbranched alkanes of at least 4 members (excludes halogenated alkanes) is 1. The van der Waals surface area contributed by atoms with Crippen LogP contribution in [0.25, 0.3) is 11.1 Å². The van der Waals surface area contributed by atoms with Crippen molar-refractivity contribution in [3.05, 3.63) is 79.2 Å². The van der Waals surface area contributed by atoms with Crippen molar-refractivity contribution >= 4 is 29.1 Å². The summed E-state index contributed by atoms with van der Waals surface area (Å²) in [6.07, 6.45) is 2.30. The summed E-state index contributed by atoms with van der Waals surface area (Å²) in [5, 5.41) is 12.5. The second-order valence-corrected chi connectivity index (χ2v) is 10.4. The van der Waals surface area contributed by atoms with Crippen LogP contribution >= 0.6 is 23.2 Å². The van der Waals surface area contributed by atoms with Gasteiger partial charge in [-0.25, -0.2) is 0 Å². The first-order valence-electron chi connectivity index (χ1n) is 12.8. The lowest BCUT2D eigenvalue weighted by Gasteiger charge is -2.35. The summed E-state index contributed by atoms with van der Waals surface area (Å²) < 4.78 is 5.60. The van der Waals surface area contributed by atoms with Crippen LogP contribution in [0, 0.1) is 6.92 Å². The Hall–Kier alpha value is -3.00. The summed E-state index contributed by atoms with van der Waals surface area (Å²) >= 11 is 12.5. The van der Waals surface area contributed by atoms with Gasteiger partial charge in [-0.2, -0.15) is 0 Å². The molecule has 1 fully saturated rings. The van der Waals surface area contributed by atoms with Gasteiger partial charge in [0.1, 0.15) is 17.1 Å². The lowest BCUT2D eigenvalue weighted by Crippen LogP contribution is -2.49. The molecule has 1 amide bonds. The van der Waals surface area contributed by atoms with Crippen molar-refractivity contribution in [2.24, 2.45) is 0 Å². The quantitative estimate of drug-likeness (QED) is 0.372. The number of ether oxygens (including phenoxy) is 1. The molecule has 7 nitrogen and oxygen atoms in total. The van der Waals surface area contributed by atoms with Crippen LogP contribution in [0.4, 0.5) is 0 Å². The van der Waals surface area contributed by atoms with Gasteiger partial charge in [-0.15, -0.1) is 0 Å². The SMILES string of the molecule is CCCCc1[nH]c(=O)c(C(=O)N2CCN(Cc3cccc(Cl)c3Cl)CC2)c(O)c1-c1c(C)cccc1OC. The van der Waals surface area contributed by atoms with Crippen molar-refractivity contribution in [2.75, 3.05) is 33.3 Å². The van der Waals surface area contributed by atoms with Crippen molar-refractivity contribution < 1.29 is 14.6 Å². The molecular formula is C29H33Cl2N3O4. The number of aromatic amines is 1. The number of hydrogen-bond acceptors (Lipinski definition) is 5. The third kappa shape index (κ3) is 5.70. The topological polar surface area (TPSA) is 85.9 Å². The molecular weight excluding hydrogens is 525 g/mol. The molecule has 2 heterocycles. The summed E-state index contributed by atoms with van der Waals surface area (Å²) in [5.41, 5.74) is 2.70. The summed E-state index contributed by atoms with van der Waals surface area (Å²) in [7, 11) is 1.56. The Morgan fingerprint density at radius 3 is 2.47 bits per heavy atom. The third-order valence-corrected chi connectivity index (χ3v) is 7.91. The molecule has 2 aromatic carbocycles. The van der Waals surface area contributed by atoms with Crippen LogP contribution in [0.2, 0.25) is 10.0 Å². The van der Waals surface area contributed by atoms with Crippen molar-refractivity contribution in [3.63, 3.8) is 0 Å². The second-order valence-electron chi connectivity index (χ2n) is 9.57. The largest absolute Gasteiger partial charge is 0.506 e. The van der Waals surface area contributed by atoms with Crippen LogP contribution in [-0.2, 0) is 13.0 Å². The van der Waals surface area contributed by atoms with E-state index in [9.17, 15) is 14.7 Å². The number of halogens is 2. The lowest BCUT2D eigenvalue weighted by atomic mass is 9.93. The van der Waals surface area contributed by atoms with Crippen LogP contribution < -0.4 is 10.3 Å². The van der Waals surface area contributed by atoms with E-state index in [2.05, 4.69) is 16.8 Å². The van der Waals surface area contributed by atoms with Crippen LogP contribution in [0.5, 0.6) is 11.5 Å². The zero-order valence-electron chi connectivity index (χ0n) is 21.9. The number of piperazine rings is 1. The molecule has 9 heteroatoms. The first kappa shape index (κ1) is 28.0. The summed E-state index contributed by atoms with van der Waals surface area (Å²) in [5.74, 6) is -0.220. The maximum atomic E-state index is 13.6. The van der Waals surface area contributed by atoms with E-state index >= 15 is 0 Å². The van der Waals surface area contributed by atoms with Gasteiger partial charge in [0.2, 0.25) is 0 Å². The monoisotopic (exact) mass is 557 g/mol. The number of hydrogen-bond donors (Lipinski definition) is 2. The number of rotatable bonds is 8. The fourth-order valence-corrected chi connectivity index (χ4v) is 5.34. The molecule has 1 saturated heterocycles. The fourth-order valence-electron chi connectivity index (χ4n) is 4.96. The zero-order valence-corrected chi connectivity index (χ0v) is 23.5. The Balaban J connectivity index is 1.64. The maximum absolute atomic E-state index is 13.6. The van der Waals surface area contributed by atoms with Gasteiger partial charge in [0.15, 0.2) is 0 Å². The summed E-state index contributed by atoms with van der Waals surface area (Å²) in [6.45, 7) is 6.60. The summed E-state index contributed by atoms with van der Waals surface area (Å²) in [4.78, 5) is 33.5. The molecule has 202 valence electrons. The summed E-state index contributed by atoms with van der Waals surface area (Å²) in [6, 6.07) is 11.1. The van der Waals surface area contributed by atoms with Crippen LogP contribution in [0.15, 0.2) is 41.2 Å². The molecule has 0 saturated carbocycles. The van der Waals surface area contributed by atoms with Crippen LogP contribution in [-0.4, -0.2) is 59.1 Å². The lowest BCUT2D eigenvalue weighted by molar-refractivity contribution is 0.0623. The Morgan fingerprint density at radius 2 is 1.79 bits per heavy atom. The molecule has 1 aromatic heterocycles. The van der Waals surface area contributed by atoms with E-state index in [1.54, 1.807) is 18.1 Å². The number of methoxy groups -OCH3 is 1. The predicted molar refractivity (Wildman–Crippen MR) is 152 cm³/mol. The Kier molecular flexibility index (Phi) is 9.03. The number of nitrogens with one attached hydrogen (secondary N) is 1. The number of aromatic hydroxyl groups is 1. The number of nitrogens with zero attached hydrogens (tertiary/aromatic N) is 2. The predicted octanol–water partition coefficient (Wildman–Crippen LogP) is 5.67. The van der Waals surface area contributed by atoms with Crippen LogP contribution in [0.3, 0.4) is 0 Å². The second kappa shape index (κ2) is 12.2. The van der Waals surface area contributed by atoms with Gasteiger partial charge >= 0.3 is 0 Å². The van der Waals surface area contributed by atoms with Gasteiger partial charge in [0, 0.05) is 49.5 Å². The highest BCUT2D eigenvalue weighted by atomic mass is 35.5. The normalized spacial score (nSPS) is 14.1. The number of aromatic nitrogens is 1. The van der Waals surface area contributed by atoms with Gasteiger partial charge in [0.25, 0.3) is 11.5 Å². The van der Waals surface area contributed by atoms with Crippen LogP contribution in [0.1, 0.15) is 46.9 Å². The number of benzene rings is 2.